The number of carbonyl (C=O) groups is 1. The van der Waals surface area contributed by atoms with Crippen LogP contribution in [-0.2, 0) is 9.53 Å². The van der Waals surface area contributed by atoms with Gasteiger partial charge in [-0.3, -0.25) is 0 Å². The lowest BCUT2D eigenvalue weighted by molar-refractivity contribution is -0.133. The minimum Gasteiger partial charge on any atom is -0.497 e. The number of rotatable bonds is 4. The van der Waals surface area contributed by atoms with Gasteiger partial charge in [-0.05, 0) is 30.2 Å². The molecule has 0 saturated carbocycles. The summed E-state index contributed by atoms with van der Waals surface area (Å²) in [5.74, 6) is -0.0868. The first kappa shape index (κ1) is 15.2. The van der Waals surface area contributed by atoms with Crippen molar-refractivity contribution in [1.29, 1.82) is 0 Å². The molecule has 2 atom stereocenters. The number of carboxylic acid groups (broad SMARTS) is 1. The molecule has 0 aliphatic carbocycles. The van der Waals surface area contributed by atoms with Crippen LogP contribution in [0.4, 0.5) is 0 Å². The summed E-state index contributed by atoms with van der Waals surface area (Å²) < 4.78 is 11.1. The van der Waals surface area contributed by atoms with Crippen molar-refractivity contribution < 1.29 is 19.4 Å². The van der Waals surface area contributed by atoms with E-state index in [1.807, 2.05) is 54.6 Å². The highest BCUT2D eigenvalue weighted by atomic mass is 16.5. The van der Waals surface area contributed by atoms with Gasteiger partial charge in [0.25, 0.3) is 0 Å². The second-order valence-electron chi connectivity index (χ2n) is 5.47. The van der Waals surface area contributed by atoms with Crippen molar-refractivity contribution in [2.45, 2.75) is 18.9 Å². The molecule has 0 amide bonds. The molecule has 0 fully saturated rings. The number of ether oxygens (including phenoxy) is 2. The maximum Gasteiger partial charge on any atom is 0.335 e. The first-order chi connectivity index (χ1) is 11.1. The predicted octanol–water partition coefficient (Wildman–Crippen LogP) is 3.91. The Hall–Kier alpha value is -2.75. The molecule has 0 unspecified atom stereocenters. The maximum absolute atomic E-state index is 11.7. The van der Waals surface area contributed by atoms with Gasteiger partial charge in [0.2, 0.25) is 0 Å². The third-order valence-electron chi connectivity index (χ3n) is 4.13. The molecule has 1 aliphatic rings. The van der Waals surface area contributed by atoms with E-state index in [1.54, 1.807) is 14.0 Å². The normalized spacial score (nSPS) is 20.3. The van der Waals surface area contributed by atoms with Crippen LogP contribution in [0.2, 0.25) is 0 Å². The van der Waals surface area contributed by atoms with Gasteiger partial charge < -0.3 is 14.6 Å². The fourth-order valence-electron chi connectivity index (χ4n) is 3.03. The molecular weight excluding hydrogens is 292 g/mol. The molecule has 2 aromatic carbocycles. The minimum absolute atomic E-state index is 0.309. The Balaban J connectivity index is 2.06. The Bertz CT molecular complexity index is 732. The van der Waals surface area contributed by atoms with Crippen LogP contribution in [0.1, 0.15) is 30.1 Å². The average Bonchev–Trinajstić information content (AvgIpc) is 2.93. The largest absolute Gasteiger partial charge is 0.497 e. The quantitative estimate of drug-likeness (QED) is 0.930. The molecule has 2 aromatic rings. The average molecular weight is 310 g/mol. The van der Waals surface area contributed by atoms with Crippen molar-refractivity contribution in [3.05, 3.63) is 77.1 Å². The summed E-state index contributed by atoms with van der Waals surface area (Å²) in [7, 11) is 1.60. The number of benzene rings is 2. The number of aliphatic carboxylic acids is 1. The van der Waals surface area contributed by atoms with Crippen molar-refractivity contribution in [2.75, 3.05) is 7.11 Å². The number of methoxy groups -OCH3 is 1. The Morgan fingerprint density at radius 3 is 2.26 bits per heavy atom. The van der Waals surface area contributed by atoms with Gasteiger partial charge in [0.05, 0.1) is 18.6 Å². The third kappa shape index (κ3) is 2.80. The lowest BCUT2D eigenvalue weighted by Gasteiger charge is -2.21. The third-order valence-corrected chi connectivity index (χ3v) is 4.13. The van der Waals surface area contributed by atoms with Gasteiger partial charge in [-0.15, -0.1) is 0 Å². The second-order valence-corrected chi connectivity index (χ2v) is 5.47. The van der Waals surface area contributed by atoms with E-state index in [4.69, 9.17) is 9.47 Å². The summed E-state index contributed by atoms with van der Waals surface area (Å²) in [5, 5.41) is 9.62. The van der Waals surface area contributed by atoms with Gasteiger partial charge >= 0.3 is 5.97 Å². The molecular formula is C19H18O4. The van der Waals surface area contributed by atoms with Crippen LogP contribution in [0.25, 0.3) is 0 Å². The zero-order valence-electron chi connectivity index (χ0n) is 13.0. The molecule has 0 aromatic heterocycles. The van der Waals surface area contributed by atoms with Crippen LogP contribution in [0.5, 0.6) is 5.75 Å². The molecule has 1 N–H and O–H groups in total. The molecule has 3 rings (SSSR count). The van der Waals surface area contributed by atoms with Gasteiger partial charge in [-0.2, -0.15) is 0 Å². The lowest BCUT2D eigenvalue weighted by Crippen LogP contribution is -2.14. The van der Waals surface area contributed by atoms with E-state index >= 15 is 0 Å². The van der Waals surface area contributed by atoms with Gasteiger partial charge in [0, 0.05) is 0 Å². The van der Waals surface area contributed by atoms with Crippen molar-refractivity contribution in [2.24, 2.45) is 0 Å². The van der Waals surface area contributed by atoms with Gasteiger partial charge in [0.15, 0.2) is 0 Å². The summed E-state index contributed by atoms with van der Waals surface area (Å²) in [6, 6.07) is 17.2. The summed E-state index contributed by atoms with van der Waals surface area (Å²) in [6.45, 7) is 1.71. The summed E-state index contributed by atoms with van der Waals surface area (Å²) in [4.78, 5) is 11.7. The van der Waals surface area contributed by atoms with Crippen LogP contribution < -0.4 is 4.74 Å². The Morgan fingerprint density at radius 2 is 1.70 bits per heavy atom. The Morgan fingerprint density at radius 1 is 1.04 bits per heavy atom. The monoisotopic (exact) mass is 310 g/mol. The topological polar surface area (TPSA) is 55.8 Å². The molecule has 0 radical (unpaired) electrons. The Labute approximate surface area is 135 Å². The Kier molecular flexibility index (Phi) is 4.06. The van der Waals surface area contributed by atoms with Crippen LogP contribution in [0, 0.1) is 0 Å². The van der Waals surface area contributed by atoms with E-state index in [9.17, 15) is 9.90 Å². The number of hydrogen-bond donors (Lipinski definition) is 1. The fourth-order valence-corrected chi connectivity index (χ4v) is 3.03. The summed E-state index contributed by atoms with van der Waals surface area (Å²) in [6.07, 6.45) is -0.337. The van der Waals surface area contributed by atoms with Gasteiger partial charge in [0.1, 0.15) is 17.6 Å². The van der Waals surface area contributed by atoms with Gasteiger partial charge in [-0.1, -0.05) is 42.5 Å². The zero-order chi connectivity index (χ0) is 16.4. The summed E-state index contributed by atoms with van der Waals surface area (Å²) in [5.41, 5.74) is 2.17. The van der Waals surface area contributed by atoms with Crippen molar-refractivity contribution in [3.63, 3.8) is 0 Å². The van der Waals surface area contributed by atoms with E-state index in [1.165, 1.54) is 0 Å². The van der Waals surface area contributed by atoms with Crippen LogP contribution in [0.15, 0.2) is 65.9 Å². The molecule has 23 heavy (non-hydrogen) atoms. The predicted molar refractivity (Wildman–Crippen MR) is 86.3 cm³/mol. The van der Waals surface area contributed by atoms with Crippen molar-refractivity contribution in [1.82, 2.24) is 0 Å². The fraction of sp³-hybridized carbons (Fsp3) is 0.211. The molecule has 1 heterocycles. The smallest absolute Gasteiger partial charge is 0.335 e. The van der Waals surface area contributed by atoms with Crippen LogP contribution in [-0.4, -0.2) is 18.2 Å². The standard InChI is InChI=1S/C19H18O4/c1-12-16(19(20)21)17(13-8-10-15(22-2)11-9-13)18(23-12)14-6-4-3-5-7-14/h3-11,17-18H,1-2H3,(H,20,21)/t17-,18-/m0/s1. The molecule has 0 saturated heterocycles. The highest BCUT2D eigenvalue weighted by Crippen LogP contribution is 2.47. The van der Waals surface area contributed by atoms with E-state index in [-0.39, 0.29) is 12.0 Å². The SMILES string of the molecule is COc1ccc([C@H]2C(C(=O)O)=C(C)O[C@H]2c2ccccc2)cc1. The minimum atomic E-state index is -0.943. The number of carboxylic acids is 1. The molecule has 0 spiro atoms. The van der Waals surface area contributed by atoms with Crippen LogP contribution >= 0.6 is 0 Å². The van der Waals surface area contributed by atoms with E-state index in [0.717, 1.165) is 16.9 Å². The van der Waals surface area contributed by atoms with E-state index < -0.39 is 5.97 Å². The highest BCUT2D eigenvalue weighted by Gasteiger charge is 2.40. The second kappa shape index (κ2) is 6.16. The highest BCUT2D eigenvalue weighted by molar-refractivity contribution is 5.90. The first-order valence-electron chi connectivity index (χ1n) is 7.41. The summed E-state index contributed by atoms with van der Waals surface area (Å²) >= 11 is 0. The lowest BCUT2D eigenvalue weighted by atomic mass is 9.84. The van der Waals surface area contributed by atoms with Crippen molar-refractivity contribution in [3.8, 4) is 5.75 Å². The van der Waals surface area contributed by atoms with Gasteiger partial charge in [-0.25, -0.2) is 4.79 Å². The molecule has 1 aliphatic heterocycles. The number of allylic oxidation sites excluding steroid dienone is 1. The maximum atomic E-state index is 11.7. The van der Waals surface area contributed by atoms with E-state index in [2.05, 4.69) is 0 Å². The molecule has 4 nitrogen and oxygen atoms in total. The number of hydrogen-bond acceptors (Lipinski definition) is 3. The van der Waals surface area contributed by atoms with E-state index in [0.29, 0.717) is 11.3 Å². The first-order valence-corrected chi connectivity index (χ1v) is 7.41. The molecule has 4 heteroatoms. The zero-order valence-corrected chi connectivity index (χ0v) is 13.0. The molecule has 0 bridgehead atoms. The molecule has 118 valence electrons. The van der Waals surface area contributed by atoms with Crippen molar-refractivity contribution >= 4 is 5.97 Å². The van der Waals surface area contributed by atoms with Crippen LogP contribution in [0.3, 0.4) is 0 Å².